The van der Waals surface area contributed by atoms with Crippen LogP contribution in [0.2, 0.25) is 5.02 Å². The fraction of sp³-hybridized carbons (Fsp3) is 0.167. The molecule has 24 heavy (non-hydrogen) atoms. The van der Waals surface area contributed by atoms with E-state index in [2.05, 4.69) is 0 Å². The Balaban J connectivity index is 1.77. The van der Waals surface area contributed by atoms with Gasteiger partial charge < -0.3 is 4.90 Å². The van der Waals surface area contributed by atoms with Gasteiger partial charge in [-0.3, -0.25) is 4.79 Å². The van der Waals surface area contributed by atoms with Crippen molar-refractivity contribution in [2.24, 2.45) is 0 Å². The van der Waals surface area contributed by atoms with E-state index in [0.29, 0.717) is 11.6 Å². The fourth-order valence-corrected chi connectivity index (χ4v) is 3.89. The summed E-state index contributed by atoms with van der Waals surface area (Å²) in [4.78, 5) is 14.2. The molecule has 124 valence electrons. The number of carbonyl (C=O) groups is 1. The molecule has 2 aromatic rings. The SMILES string of the molecule is O=C(/C=C/c1cc(F)ccc1F)N1CCSC1c1ccc(Cl)cc1. The molecule has 1 atom stereocenters. The average Bonchev–Trinajstić information content (AvgIpc) is 3.06. The number of hydrogen-bond acceptors (Lipinski definition) is 2. The molecular formula is C18H14ClF2NOS. The summed E-state index contributed by atoms with van der Waals surface area (Å²) in [6.45, 7) is 0.604. The van der Waals surface area contributed by atoms with Gasteiger partial charge in [-0.05, 0) is 42.0 Å². The Labute approximate surface area is 148 Å². The molecule has 0 radical (unpaired) electrons. The molecule has 1 unspecified atom stereocenters. The van der Waals surface area contributed by atoms with E-state index in [1.165, 1.54) is 12.2 Å². The van der Waals surface area contributed by atoms with Crippen LogP contribution >= 0.6 is 23.4 Å². The molecular weight excluding hydrogens is 352 g/mol. The quantitative estimate of drug-likeness (QED) is 0.720. The third kappa shape index (κ3) is 3.79. The van der Waals surface area contributed by atoms with Crippen molar-refractivity contribution in [2.45, 2.75) is 5.37 Å². The van der Waals surface area contributed by atoms with Crippen molar-refractivity contribution in [1.29, 1.82) is 0 Å². The Kier molecular flexibility index (Phi) is 5.21. The van der Waals surface area contributed by atoms with Crippen LogP contribution in [0.3, 0.4) is 0 Å². The largest absolute Gasteiger partial charge is 0.322 e. The molecule has 0 bridgehead atoms. The molecule has 2 nitrogen and oxygen atoms in total. The highest BCUT2D eigenvalue weighted by atomic mass is 35.5. The van der Waals surface area contributed by atoms with Gasteiger partial charge in [0.2, 0.25) is 5.91 Å². The lowest BCUT2D eigenvalue weighted by Crippen LogP contribution is -2.28. The maximum Gasteiger partial charge on any atom is 0.247 e. The number of amides is 1. The van der Waals surface area contributed by atoms with Crippen molar-refractivity contribution in [3.8, 4) is 0 Å². The number of hydrogen-bond donors (Lipinski definition) is 0. The van der Waals surface area contributed by atoms with Crippen LogP contribution < -0.4 is 0 Å². The van der Waals surface area contributed by atoms with Crippen LogP contribution in [0, 0.1) is 11.6 Å². The lowest BCUT2D eigenvalue weighted by Gasteiger charge is -2.22. The van der Waals surface area contributed by atoms with E-state index < -0.39 is 11.6 Å². The van der Waals surface area contributed by atoms with E-state index in [4.69, 9.17) is 11.6 Å². The summed E-state index contributed by atoms with van der Waals surface area (Å²) in [5.74, 6) is -0.519. The van der Waals surface area contributed by atoms with Crippen molar-refractivity contribution in [3.05, 3.63) is 76.3 Å². The summed E-state index contributed by atoms with van der Waals surface area (Å²) in [7, 11) is 0. The molecule has 0 aromatic heterocycles. The Morgan fingerprint density at radius 1 is 1.21 bits per heavy atom. The third-order valence-electron chi connectivity index (χ3n) is 3.69. The first kappa shape index (κ1) is 17.0. The molecule has 1 amide bonds. The standard InChI is InChI=1S/C18H14ClF2NOS/c19-14-4-1-12(2-5-14)18-22(9-10-24-18)17(23)8-3-13-11-15(20)6-7-16(13)21/h1-8,11,18H,9-10H2/b8-3+. The van der Waals surface area contributed by atoms with Crippen molar-refractivity contribution >= 4 is 35.3 Å². The molecule has 3 rings (SSSR count). The van der Waals surface area contributed by atoms with Gasteiger partial charge in [-0.15, -0.1) is 11.8 Å². The van der Waals surface area contributed by atoms with Crippen LogP contribution in [0.4, 0.5) is 8.78 Å². The molecule has 0 saturated carbocycles. The summed E-state index contributed by atoms with van der Waals surface area (Å²) in [6.07, 6.45) is 2.59. The van der Waals surface area contributed by atoms with E-state index in [1.807, 2.05) is 12.1 Å². The summed E-state index contributed by atoms with van der Waals surface area (Å²) in [5, 5.41) is 0.540. The Morgan fingerprint density at radius 2 is 1.96 bits per heavy atom. The van der Waals surface area contributed by atoms with E-state index >= 15 is 0 Å². The smallest absolute Gasteiger partial charge is 0.247 e. The number of halogens is 3. The molecule has 1 aliphatic heterocycles. The minimum Gasteiger partial charge on any atom is -0.322 e. The highest BCUT2D eigenvalue weighted by molar-refractivity contribution is 7.99. The zero-order chi connectivity index (χ0) is 17.1. The summed E-state index contributed by atoms with van der Waals surface area (Å²) < 4.78 is 26.8. The molecule has 0 spiro atoms. The molecule has 2 aromatic carbocycles. The predicted molar refractivity (Wildman–Crippen MR) is 93.8 cm³/mol. The Bertz CT molecular complexity index is 779. The van der Waals surface area contributed by atoms with Crippen LogP contribution in [0.15, 0.2) is 48.5 Å². The molecule has 1 saturated heterocycles. The summed E-state index contributed by atoms with van der Waals surface area (Å²) in [6, 6.07) is 10.5. The Hall–Kier alpha value is -1.85. The summed E-state index contributed by atoms with van der Waals surface area (Å²) >= 11 is 7.56. The van der Waals surface area contributed by atoms with Crippen molar-refractivity contribution in [1.82, 2.24) is 4.90 Å². The van der Waals surface area contributed by atoms with Gasteiger partial charge in [0.15, 0.2) is 0 Å². The van der Waals surface area contributed by atoms with Gasteiger partial charge in [0.05, 0.1) is 0 Å². The Morgan fingerprint density at radius 3 is 2.71 bits per heavy atom. The van der Waals surface area contributed by atoms with Gasteiger partial charge in [-0.25, -0.2) is 8.78 Å². The minimum atomic E-state index is -0.564. The van der Waals surface area contributed by atoms with Crippen LogP contribution in [-0.4, -0.2) is 23.1 Å². The number of thioether (sulfide) groups is 1. The normalized spacial score (nSPS) is 17.6. The molecule has 6 heteroatoms. The molecule has 0 N–H and O–H groups in total. The second-order valence-corrected chi connectivity index (χ2v) is 6.93. The van der Waals surface area contributed by atoms with Gasteiger partial charge >= 0.3 is 0 Å². The number of carbonyl (C=O) groups excluding carboxylic acids is 1. The monoisotopic (exact) mass is 365 g/mol. The first-order valence-electron chi connectivity index (χ1n) is 7.35. The van der Waals surface area contributed by atoms with Crippen molar-refractivity contribution in [3.63, 3.8) is 0 Å². The second-order valence-electron chi connectivity index (χ2n) is 5.31. The van der Waals surface area contributed by atoms with E-state index in [1.54, 1.807) is 28.8 Å². The van der Waals surface area contributed by atoms with E-state index in [9.17, 15) is 13.6 Å². The highest BCUT2D eigenvalue weighted by Gasteiger charge is 2.29. The molecule has 0 aliphatic carbocycles. The van der Waals surface area contributed by atoms with Crippen LogP contribution in [0.5, 0.6) is 0 Å². The van der Waals surface area contributed by atoms with Gasteiger partial charge in [0.25, 0.3) is 0 Å². The number of rotatable bonds is 3. The first-order valence-corrected chi connectivity index (χ1v) is 8.78. The first-order chi connectivity index (χ1) is 11.5. The maximum absolute atomic E-state index is 13.6. The molecule has 1 aliphatic rings. The second kappa shape index (κ2) is 7.36. The number of benzene rings is 2. The van der Waals surface area contributed by atoms with Crippen molar-refractivity contribution in [2.75, 3.05) is 12.3 Å². The third-order valence-corrected chi connectivity index (χ3v) is 5.21. The topological polar surface area (TPSA) is 20.3 Å². The number of nitrogens with zero attached hydrogens (tertiary/aromatic N) is 1. The van der Waals surface area contributed by atoms with Crippen LogP contribution in [-0.2, 0) is 4.79 Å². The van der Waals surface area contributed by atoms with Crippen LogP contribution in [0.1, 0.15) is 16.5 Å². The van der Waals surface area contributed by atoms with Gasteiger partial charge in [-0.1, -0.05) is 23.7 Å². The minimum absolute atomic E-state index is 0.0539. The fourth-order valence-electron chi connectivity index (χ4n) is 2.50. The van der Waals surface area contributed by atoms with Crippen LogP contribution in [0.25, 0.3) is 6.08 Å². The maximum atomic E-state index is 13.6. The molecule has 1 heterocycles. The van der Waals surface area contributed by atoms with Gasteiger partial charge in [0, 0.05) is 29.0 Å². The van der Waals surface area contributed by atoms with Gasteiger partial charge in [0.1, 0.15) is 17.0 Å². The summed E-state index contributed by atoms with van der Waals surface area (Å²) in [5.41, 5.74) is 1.04. The van der Waals surface area contributed by atoms with Crippen molar-refractivity contribution < 1.29 is 13.6 Å². The van der Waals surface area contributed by atoms with E-state index in [-0.39, 0.29) is 16.8 Å². The lowest BCUT2D eigenvalue weighted by molar-refractivity contribution is -0.126. The average molecular weight is 366 g/mol. The lowest BCUT2D eigenvalue weighted by atomic mass is 10.1. The zero-order valence-electron chi connectivity index (χ0n) is 12.6. The predicted octanol–water partition coefficient (Wildman–Crippen LogP) is 4.91. The van der Waals surface area contributed by atoms with E-state index in [0.717, 1.165) is 29.5 Å². The highest BCUT2D eigenvalue weighted by Crippen LogP contribution is 2.38. The zero-order valence-corrected chi connectivity index (χ0v) is 14.2. The molecule has 1 fully saturated rings. The van der Waals surface area contributed by atoms with Gasteiger partial charge in [-0.2, -0.15) is 0 Å².